The first-order valence-corrected chi connectivity index (χ1v) is 13.3. The number of nitrogens with zero attached hydrogens (tertiary/aromatic N) is 1. The zero-order valence-corrected chi connectivity index (χ0v) is 22.3. The smallest absolute Gasteiger partial charge is 0.338 e. The van der Waals surface area contributed by atoms with Crippen LogP contribution in [0.25, 0.3) is 0 Å². The molecule has 1 aliphatic rings. The summed E-state index contributed by atoms with van der Waals surface area (Å²) in [4.78, 5) is 27.4. The summed E-state index contributed by atoms with van der Waals surface area (Å²) in [7, 11) is -2.04. The number of rotatable bonds is 7. The van der Waals surface area contributed by atoms with Crippen molar-refractivity contribution < 1.29 is 22.7 Å². The van der Waals surface area contributed by atoms with Crippen LogP contribution in [0.2, 0.25) is 0 Å². The van der Waals surface area contributed by atoms with Crippen LogP contribution in [0.5, 0.6) is 0 Å². The van der Waals surface area contributed by atoms with Crippen molar-refractivity contribution in [3.63, 3.8) is 0 Å². The molecule has 1 aliphatic heterocycles. The van der Waals surface area contributed by atoms with Crippen LogP contribution < -0.4 is 9.62 Å². The van der Waals surface area contributed by atoms with E-state index in [1.807, 2.05) is 57.0 Å². The topological polar surface area (TPSA) is 92.8 Å². The van der Waals surface area contributed by atoms with Gasteiger partial charge in [0.1, 0.15) is 0 Å². The Hall–Kier alpha value is -3.91. The summed E-state index contributed by atoms with van der Waals surface area (Å²) in [6.07, 6.45) is 1.50. The van der Waals surface area contributed by atoms with E-state index in [1.54, 1.807) is 31.2 Å². The molecule has 0 radical (unpaired) electrons. The number of aryl methyl sites for hydroxylation is 2. The van der Waals surface area contributed by atoms with E-state index in [-0.39, 0.29) is 21.7 Å². The summed E-state index contributed by atoms with van der Waals surface area (Å²) >= 11 is 0. The number of anilines is 2. The van der Waals surface area contributed by atoms with E-state index in [2.05, 4.69) is 4.72 Å². The second-order valence-corrected chi connectivity index (χ2v) is 11.4. The van der Waals surface area contributed by atoms with Crippen molar-refractivity contribution in [1.29, 1.82) is 0 Å². The van der Waals surface area contributed by atoms with Gasteiger partial charge in [-0.2, -0.15) is 0 Å². The van der Waals surface area contributed by atoms with Gasteiger partial charge in [-0.15, -0.1) is 0 Å². The van der Waals surface area contributed by atoms with E-state index in [0.717, 1.165) is 22.5 Å². The van der Waals surface area contributed by atoms with Crippen LogP contribution in [0.15, 0.2) is 83.4 Å². The number of allylic oxidation sites excluding steroid dienone is 1. The summed E-state index contributed by atoms with van der Waals surface area (Å²) in [5, 5.41) is 0. The van der Waals surface area contributed by atoms with Gasteiger partial charge in [0.25, 0.3) is 10.0 Å². The number of fused-ring (bicyclic) bond motifs is 1. The Kier molecular flexibility index (Phi) is 6.97. The average molecular weight is 519 g/mol. The third-order valence-corrected chi connectivity index (χ3v) is 8.12. The van der Waals surface area contributed by atoms with Crippen molar-refractivity contribution in [3.05, 3.63) is 101 Å². The highest BCUT2D eigenvalue weighted by molar-refractivity contribution is 7.92. The fourth-order valence-electron chi connectivity index (χ4n) is 4.52. The summed E-state index contributed by atoms with van der Waals surface area (Å²) < 4.78 is 33.8. The Labute approximate surface area is 217 Å². The summed E-state index contributed by atoms with van der Waals surface area (Å²) in [5.41, 5.74) is 4.50. The highest BCUT2D eigenvalue weighted by Crippen LogP contribution is 2.46. The summed E-state index contributed by atoms with van der Waals surface area (Å²) in [5.74, 6) is -1.14. The summed E-state index contributed by atoms with van der Waals surface area (Å²) in [6.45, 7) is 7.18. The first-order chi connectivity index (χ1) is 17.4. The molecule has 1 heterocycles. The molecular weight excluding hydrogens is 488 g/mol. The number of hydrogen-bond acceptors (Lipinski definition) is 6. The second kappa shape index (κ2) is 9.86. The standard InChI is InChI=1S/C29H30N2O5S/c1-19-10-14-22(15-11-19)30-37(34,35)26-16-21(13-12-20(26)2)28(33)36-18-23(32)17-27-29(3,4)24-8-6-7-9-25(24)31(27)5/h6-17,30H,18H2,1-5H3. The average Bonchev–Trinajstić information content (AvgIpc) is 3.04. The lowest BCUT2D eigenvalue weighted by Gasteiger charge is -2.23. The van der Waals surface area contributed by atoms with E-state index < -0.39 is 22.6 Å². The lowest BCUT2D eigenvalue weighted by atomic mass is 9.83. The molecule has 0 aliphatic carbocycles. The van der Waals surface area contributed by atoms with Crippen LogP contribution in [0.4, 0.5) is 11.4 Å². The maximum Gasteiger partial charge on any atom is 0.338 e. The Balaban J connectivity index is 1.47. The number of sulfonamides is 1. The van der Waals surface area contributed by atoms with Gasteiger partial charge in [0.2, 0.25) is 0 Å². The minimum Gasteiger partial charge on any atom is -0.454 e. The van der Waals surface area contributed by atoms with Gasteiger partial charge >= 0.3 is 5.97 Å². The van der Waals surface area contributed by atoms with Crippen LogP contribution in [-0.4, -0.2) is 33.8 Å². The molecule has 4 rings (SSSR count). The number of para-hydroxylation sites is 1. The molecule has 7 nitrogen and oxygen atoms in total. The van der Waals surface area contributed by atoms with Crippen molar-refractivity contribution in [3.8, 4) is 0 Å². The molecule has 0 amide bonds. The molecule has 0 unspecified atom stereocenters. The maximum absolute atomic E-state index is 13.0. The Bertz CT molecular complexity index is 1510. The monoisotopic (exact) mass is 518 g/mol. The van der Waals surface area contributed by atoms with Crippen LogP contribution in [0.3, 0.4) is 0 Å². The third kappa shape index (κ3) is 5.29. The Morgan fingerprint density at radius 1 is 1.00 bits per heavy atom. The minimum atomic E-state index is -3.94. The first kappa shape index (κ1) is 26.2. The molecule has 0 saturated heterocycles. The van der Waals surface area contributed by atoms with Crippen molar-refractivity contribution in [2.24, 2.45) is 0 Å². The normalized spacial score (nSPS) is 15.4. The van der Waals surface area contributed by atoms with Gasteiger partial charge in [0.05, 0.1) is 10.5 Å². The number of benzene rings is 3. The fourth-order valence-corrected chi connectivity index (χ4v) is 5.85. The molecule has 3 aromatic carbocycles. The first-order valence-electron chi connectivity index (χ1n) is 11.9. The SMILES string of the molecule is Cc1ccc(NS(=O)(=O)c2cc(C(=O)OCC(=O)C=C3N(C)c4ccccc4C3(C)C)ccc2C)cc1. The van der Waals surface area contributed by atoms with E-state index in [1.165, 1.54) is 24.3 Å². The van der Waals surface area contributed by atoms with Gasteiger partial charge in [0, 0.05) is 35.6 Å². The number of carbonyl (C=O) groups excluding carboxylic acids is 2. The molecule has 37 heavy (non-hydrogen) atoms. The van der Waals surface area contributed by atoms with Crippen LogP contribution in [0.1, 0.15) is 40.9 Å². The largest absolute Gasteiger partial charge is 0.454 e. The third-order valence-electron chi connectivity index (χ3n) is 6.60. The second-order valence-electron chi connectivity index (χ2n) is 9.72. The zero-order valence-electron chi connectivity index (χ0n) is 21.5. The molecule has 0 saturated carbocycles. The molecule has 0 aromatic heterocycles. The molecule has 1 N–H and O–H groups in total. The van der Waals surface area contributed by atoms with Crippen molar-refractivity contribution >= 4 is 33.2 Å². The number of ketones is 1. The predicted molar refractivity (Wildman–Crippen MR) is 144 cm³/mol. The zero-order chi connectivity index (χ0) is 27.0. The van der Waals surface area contributed by atoms with Gasteiger partial charge in [-0.3, -0.25) is 9.52 Å². The molecule has 0 spiro atoms. The van der Waals surface area contributed by atoms with Crippen LogP contribution in [-0.2, 0) is 25.0 Å². The number of nitrogens with one attached hydrogen (secondary N) is 1. The molecule has 8 heteroatoms. The quantitative estimate of drug-likeness (QED) is 0.344. The minimum absolute atomic E-state index is 0.0388. The van der Waals surface area contributed by atoms with Gasteiger partial charge in [-0.1, -0.05) is 55.8 Å². The van der Waals surface area contributed by atoms with Gasteiger partial charge in [-0.05, 0) is 55.3 Å². The van der Waals surface area contributed by atoms with E-state index in [4.69, 9.17) is 4.74 Å². The number of carbonyl (C=O) groups is 2. The van der Waals surface area contributed by atoms with E-state index in [0.29, 0.717) is 11.3 Å². The predicted octanol–water partition coefficient (Wildman–Crippen LogP) is 5.14. The highest BCUT2D eigenvalue weighted by atomic mass is 32.2. The lowest BCUT2D eigenvalue weighted by molar-refractivity contribution is -0.117. The van der Waals surface area contributed by atoms with E-state index in [9.17, 15) is 18.0 Å². The molecule has 192 valence electrons. The van der Waals surface area contributed by atoms with Crippen molar-refractivity contribution in [1.82, 2.24) is 0 Å². The molecule has 3 aromatic rings. The molecule has 0 fully saturated rings. The van der Waals surface area contributed by atoms with Crippen LogP contribution >= 0.6 is 0 Å². The van der Waals surface area contributed by atoms with Crippen molar-refractivity contribution in [2.45, 2.75) is 38.0 Å². The van der Waals surface area contributed by atoms with E-state index >= 15 is 0 Å². The number of ether oxygens (including phenoxy) is 1. The number of likely N-dealkylation sites (N-methyl/N-ethyl adjacent to an activating group) is 1. The Morgan fingerprint density at radius 2 is 1.68 bits per heavy atom. The fraction of sp³-hybridized carbons (Fsp3) is 0.241. The van der Waals surface area contributed by atoms with Gasteiger partial charge in [-0.25, -0.2) is 13.2 Å². The Morgan fingerprint density at radius 3 is 2.35 bits per heavy atom. The maximum atomic E-state index is 13.0. The lowest BCUT2D eigenvalue weighted by Crippen LogP contribution is -2.25. The summed E-state index contributed by atoms with van der Waals surface area (Å²) in [6, 6.07) is 19.2. The number of hydrogen-bond donors (Lipinski definition) is 1. The van der Waals surface area contributed by atoms with Gasteiger partial charge < -0.3 is 9.64 Å². The molecule has 0 atom stereocenters. The highest BCUT2D eigenvalue weighted by Gasteiger charge is 2.38. The number of esters is 1. The van der Waals surface area contributed by atoms with Crippen molar-refractivity contribution in [2.75, 3.05) is 23.3 Å². The van der Waals surface area contributed by atoms with Crippen LogP contribution in [0, 0.1) is 13.8 Å². The molecule has 0 bridgehead atoms. The molecular formula is C29H30N2O5S. The van der Waals surface area contributed by atoms with Gasteiger partial charge in [0.15, 0.2) is 12.4 Å².